The molecule has 2 nitrogen and oxygen atoms in total. The normalized spacial score (nSPS) is 13.0. The number of amides is 1. The van der Waals surface area contributed by atoms with Crippen LogP contribution in [-0.4, -0.2) is 12.5 Å². The Morgan fingerprint density at radius 3 is 2.45 bits per heavy atom. The Kier molecular flexibility index (Phi) is 5.37. The van der Waals surface area contributed by atoms with E-state index in [2.05, 4.69) is 25.1 Å². The lowest BCUT2D eigenvalue weighted by Gasteiger charge is -2.30. The van der Waals surface area contributed by atoms with Crippen LogP contribution in [0.3, 0.4) is 0 Å². The maximum Gasteiger partial charge on any atom is 0.258 e. The van der Waals surface area contributed by atoms with E-state index in [-0.39, 0.29) is 5.91 Å². The fourth-order valence-corrected chi connectivity index (χ4v) is 2.87. The van der Waals surface area contributed by atoms with Crippen molar-refractivity contribution < 1.29 is 4.79 Å². The van der Waals surface area contributed by atoms with Crippen molar-refractivity contribution in [3.05, 3.63) is 64.7 Å². The minimum atomic E-state index is 0.110. The highest BCUT2D eigenvalue weighted by atomic mass is 16.2. The summed E-state index contributed by atoms with van der Waals surface area (Å²) in [5.74, 6) is 0.110. The SMILES string of the molecule is CC.Cc1cccc(C(=O)N2CCCc3cc(C)ccc32)c1. The maximum atomic E-state index is 12.7. The second kappa shape index (κ2) is 7.26. The summed E-state index contributed by atoms with van der Waals surface area (Å²) >= 11 is 0. The first kappa shape index (κ1) is 16.3. The molecule has 1 heterocycles. The Morgan fingerprint density at radius 2 is 1.73 bits per heavy atom. The third kappa shape index (κ3) is 3.38. The van der Waals surface area contributed by atoms with Crippen LogP contribution in [0.5, 0.6) is 0 Å². The summed E-state index contributed by atoms with van der Waals surface area (Å²) < 4.78 is 0. The monoisotopic (exact) mass is 295 g/mol. The Morgan fingerprint density at radius 1 is 1.00 bits per heavy atom. The lowest BCUT2D eigenvalue weighted by Crippen LogP contribution is -2.35. The number of anilines is 1. The van der Waals surface area contributed by atoms with Crippen LogP contribution in [0.1, 0.15) is 47.3 Å². The average molecular weight is 295 g/mol. The van der Waals surface area contributed by atoms with Gasteiger partial charge >= 0.3 is 0 Å². The molecule has 116 valence electrons. The van der Waals surface area contributed by atoms with Gasteiger partial charge in [-0.25, -0.2) is 0 Å². The molecule has 2 aromatic carbocycles. The molecule has 0 fully saturated rings. The molecule has 2 aromatic rings. The molecule has 0 aliphatic carbocycles. The quantitative estimate of drug-likeness (QED) is 0.731. The van der Waals surface area contributed by atoms with Crippen LogP contribution in [0.2, 0.25) is 0 Å². The number of rotatable bonds is 1. The minimum Gasteiger partial charge on any atom is -0.308 e. The maximum absolute atomic E-state index is 12.7. The lowest BCUT2D eigenvalue weighted by atomic mass is 9.98. The summed E-state index contributed by atoms with van der Waals surface area (Å²) in [6, 6.07) is 14.2. The van der Waals surface area contributed by atoms with E-state index < -0.39 is 0 Å². The number of fused-ring (bicyclic) bond motifs is 1. The van der Waals surface area contributed by atoms with Gasteiger partial charge in [-0.05, 0) is 50.5 Å². The summed E-state index contributed by atoms with van der Waals surface area (Å²) in [4.78, 5) is 14.6. The van der Waals surface area contributed by atoms with Crippen molar-refractivity contribution >= 4 is 11.6 Å². The van der Waals surface area contributed by atoms with E-state index in [0.29, 0.717) is 0 Å². The van der Waals surface area contributed by atoms with Gasteiger partial charge in [-0.1, -0.05) is 49.2 Å². The van der Waals surface area contributed by atoms with E-state index in [1.807, 2.05) is 49.9 Å². The third-order valence-electron chi connectivity index (χ3n) is 3.86. The Hall–Kier alpha value is -2.09. The first-order chi connectivity index (χ1) is 10.6. The zero-order chi connectivity index (χ0) is 16.1. The smallest absolute Gasteiger partial charge is 0.258 e. The molecule has 0 aromatic heterocycles. The molecule has 0 radical (unpaired) electrons. The van der Waals surface area contributed by atoms with E-state index in [4.69, 9.17) is 0 Å². The van der Waals surface area contributed by atoms with Gasteiger partial charge in [0.2, 0.25) is 0 Å². The highest BCUT2D eigenvalue weighted by Gasteiger charge is 2.23. The molecule has 1 aliphatic heterocycles. The van der Waals surface area contributed by atoms with Gasteiger partial charge in [0.25, 0.3) is 5.91 Å². The highest BCUT2D eigenvalue weighted by molar-refractivity contribution is 6.06. The minimum absolute atomic E-state index is 0.110. The van der Waals surface area contributed by atoms with Crippen LogP contribution >= 0.6 is 0 Å². The predicted octanol–water partition coefficient (Wildman–Crippen LogP) is 4.92. The van der Waals surface area contributed by atoms with Gasteiger partial charge in [0, 0.05) is 17.8 Å². The summed E-state index contributed by atoms with van der Waals surface area (Å²) in [5.41, 5.74) is 5.52. The fourth-order valence-electron chi connectivity index (χ4n) is 2.87. The second-order valence-corrected chi connectivity index (χ2v) is 5.56. The van der Waals surface area contributed by atoms with Crippen molar-refractivity contribution in [2.24, 2.45) is 0 Å². The molecule has 1 amide bonds. The van der Waals surface area contributed by atoms with Crippen molar-refractivity contribution in [2.75, 3.05) is 11.4 Å². The van der Waals surface area contributed by atoms with Crippen LogP contribution in [0, 0.1) is 13.8 Å². The van der Waals surface area contributed by atoms with Gasteiger partial charge < -0.3 is 4.90 Å². The van der Waals surface area contributed by atoms with Crippen molar-refractivity contribution in [1.29, 1.82) is 0 Å². The fraction of sp³-hybridized carbons (Fsp3) is 0.350. The van der Waals surface area contributed by atoms with Gasteiger partial charge in [-0.15, -0.1) is 0 Å². The number of hydrogen-bond acceptors (Lipinski definition) is 1. The first-order valence-electron chi connectivity index (χ1n) is 8.13. The van der Waals surface area contributed by atoms with Gasteiger partial charge in [0.1, 0.15) is 0 Å². The number of benzene rings is 2. The van der Waals surface area contributed by atoms with Crippen molar-refractivity contribution in [2.45, 2.75) is 40.5 Å². The van der Waals surface area contributed by atoms with Crippen LogP contribution in [0.15, 0.2) is 42.5 Å². The number of carbonyl (C=O) groups is 1. The summed E-state index contributed by atoms with van der Waals surface area (Å²) in [6.45, 7) is 8.93. The second-order valence-electron chi connectivity index (χ2n) is 5.56. The van der Waals surface area contributed by atoms with E-state index in [9.17, 15) is 4.79 Å². The molecular formula is C20H25NO. The molecular weight excluding hydrogens is 270 g/mol. The standard InChI is InChI=1S/C18H19NO.C2H6/c1-13-5-3-6-16(12-13)18(20)19-10-4-7-15-11-14(2)8-9-17(15)19;1-2/h3,5-6,8-9,11-12H,4,7,10H2,1-2H3;1-2H3. The summed E-state index contributed by atoms with van der Waals surface area (Å²) in [5, 5.41) is 0. The van der Waals surface area contributed by atoms with Gasteiger partial charge in [-0.3, -0.25) is 4.79 Å². The number of aryl methyl sites for hydroxylation is 3. The van der Waals surface area contributed by atoms with Crippen molar-refractivity contribution in [1.82, 2.24) is 0 Å². The molecule has 1 aliphatic rings. The molecule has 0 saturated carbocycles. The van der Waals surface area contributed by atoms with E-state index in [1.54, 1.807) is 0 Å². The van der Waals surface area contributed by atoms with Crippen molar-refractivity contribution in [3.63, 3.8) is 0 Å². The zero-order valence-corrected chi connectivity index (χ0v) is 14.0. The van der Waals surface area contributed by atoms with Gasteiger partial charge in [0.05, 0.1) is 0 Å². The van der Waals surface area contributed by atoms with E-state index in [0.717, 1.165) is 36.2 Å². The third-order valence-corrected chi connectivity index (χ3v) is 3.86. The molecule has 0 atom stereocenters. The molecule has 0 bridgehead atoms. The van der Waals surface area contributed by atoms with Crippen LogP contribution in [-0.2, 0) is 6.42 Å². The van der Waals surface area contributed by atoms with E-state index >= 15 is 0 Å². The van der Waals surface area contributed by atoms with Gasteiger partial charge in [0.15, 0.2) is 0 Å². The number of hydrogen-bond donors (Lipinski definition) is 0. The average Bonchev–Trinajstić information content (AvgIpc) is 2.55. The molecule has 22 heavy (non-hydrogen) atoms. The highest BCUT2D eigenvalue weighted by Crippen LogP contribution is 2.29. The molecule has 0 saturated heterocycles. The van der Waals surface area contributed by atoms with Crippen LogP contribution < -0.4 is 4.90 Å². The summed E-state index contributed by atoms with van der Waals surface area (Å²) in [6.07, 6.45) is 2.10. The Balaban J connectivity index is 0.000000847. The number of carbonyl (C=O) groups excluding carboxylic acids is 1. The molecule has 0 spiro atoms. The predicted molar refractivity (Wildman–Crippen MR) is 93.7 cm³/mol. The largest absolute Gasteiger partial charge is 0.308 e. The van der Waals surface area contributed by atoms with E-state index in [1.165, 1.54) is 11.1 Å². The zero-order valence-electron chi connectivity index (χ0n) is 14.0. The van der Waals surface area contributed by atoms with Crippen molar-refractivity contribution in [3.8, 4) is 0 Å². The lowest BCUT2D eigenvalue weighted by molar-refractivity contribution is 0.0985. The topological polar surface area (TPSA) is 20.3 Å². The van der Waals surface area contributed by atoms with Crippen LogP contribution in [0.25, 0.3) is 0 Å². The molecule has 2 heteroatoms. The van der Waals surface area contributed by atoms with Gasteiger partial charge in [-0.2, -0.15) is 0 Å². The summed E-state index contributed by atoms with van der Waals surface area (Å²) in [7, 11) is 0. The first-order valence-corrected chi connectivity index (χ1v) is 8.13. The van der Waals surface area contributed by atoms with Crippen LogP contribution in [0.4, 0.5) is 5.69 Å². The molecule has 0 N–H and O–H groups in total. The number of nitrogens with zero attached hydrogens (tertiary/aromatic N) is 1. The molecule has 3 rings (SSSR count). The Labute approximate surface area is 133 Å². The Bertz CT molecular complexity index is 661. The molecule has 0 unspecified atom stereocenters.